The summed E-state index contributed by atoms with van der Waals surface area (Å²) in [4.78, 5) is 6.45. The highest BCUT2D eigenvalue weighted by molar-refractivity contribution is 9.10. The van der Waals surface area contributed by atoms with Crippen LogP contribution >= 0.6 is 15.9 Å². The molecule has 1 fully saturated rings. The normalized spacial score (nSPS) is 14.6. The Labute approximate surface area is 127 Å². The molecule has 0 aliphatic carbocycles. The lowest BCUT2D eigenvalue weighted by Crippen LogP contribution is -2.17. The number of nitrogens with zero attached hydrogens (tertiary/aromatic N) is 2. The molecule has 1 aliphatic heterocycles. The molecule has 3 rings (SSSR count). The number of aromatic nitrogens is 1. The molecule has 1 aromatic carbocycles. The van der Waals surface area contributed by atoms with Crippen molar-refractivity contribution in [3.63, 3.8) is 0 Å². The molecule has 0 spiro atoms. The zero-order valence-corrected chi connectivity index (χ0v) is 12.7. The lowest BCUT2D eigenvalue weighted by molar-refractivity contribution is 0.949. The van der Waals surface area contributed by atoms with Crippen LogP contribution in [0.15, 0.2) is 41.1 Å². The number of hydrogen-bond donors (Lipinski definition) is 2. The van der Waals surface area contributed by atoms with Crippen molar-refractivity contribution in [2.24, 2.45) is 0 Å². The number of nitrogens with two attached hydrogens (primary N) is 1. The molecule has 0 bridgehead atoms. The number of rotatable bonds is 3. The smallest absolute Gasteiger partial charge is 0.0794 e. The Balaban J connectivity index is 1.78. The Hall–Kier alpha value is -1.75. The van der Waals surface area contributed by atoms with Gasteiger partial charge in [0.15, 0.2) is 0 Å². The van der Waals surface area contributed by atoms with Crippen LogP contribution in [0.25, 0.3) is 0 Å². The molecule has 0 radical (unpaired) electrons. The molecule has 0 amide bonds. The first kappa shape index (κ1) is 13.2. The fraction of sp³-hybridized carbons (Fsp3) is 0.267. The van der Waals surface area contributed by atoms with Crippen LogP contribution in [-0.2, 0) is 0 Å². The SMILES string of the molecule is Nc1cncc(Br)c1Nc1ccc(N2CCCC2)cc1. The molecule has 1 aromatic heterocycles. The molecule has 20 heavy (non-hydrogen) atoms. The third-order valence-electron chi connectivity index (χ3n) is 3.54. The number of benzene rings is 1. The molecular weight excluding hydrogens is 316 g/mol. The van der Waals surface area contributed by atoms with Gasteiger partial charge in [0.25, 0.3) is 0 Å². The third-order valence-corrected chi connectivity index (χ3v) is 4.14. The topological polar surface area (TPSA) is 54.2 Å². The minimum Gasteiger partial charge on any atom is -0.396 e. The molecule has 3 N–H and O–H groups in total. The van der Waals surface area contributed by atoms with E-state index >= 15 is 0 Å². The average molecular weight is 333 g/mol. The lowest BCUT2D eigenvalue weighted by Gasteiger charge is -2.18. The minimum atomic E-state index is 0.628. The second-order valence-electron chi connectivity index (χ2n) is 4.95. The van der Waals surface area contributed by atoms with E-state index in [1.54, 1.807) is 12.4 Å². The van der Waals surface area contributed by atoms with Crippen LogP contribution in [0.1, 0.15) is 12.8 Å². The molecular formula is C15H17BrN4. The predicted molar refractivity (Wildman–Crippen MR) is 87.5 cm³/mol. The highest BCUT2D eigenvalue weighted by Crippen LogP contribution is 2.31. The van der Waals surface area contributed by atoms with E-state index in [0.717, 1.165) is 28.9 Å². The summed E-state index contributed by atoms with van der Waals surface area (Å²) in [5.41, 5.74) is 9.73. The Morgan fingerprint density at radius 1 is 1.10 bits per heavy atom. The van der Waals surface area contributed by atoms with Gasteiger partial charge in [-0.1, -0.05) is 0 Å². The molecule has 4 nitrogen and oxygen atoms in total. The molecule has 2 heterocycles. The van der Waals surface area contributed by atoms with Crippen molar-refractivity contribution in [1.29, 1.82) is 0 Å². The summed E-state index contributed by atoms with van der Waals surface area (Å²) in [5.74, 6) is 0. The van der Waals surface area contributed by atoms with Gasteiger partial charge in [-0.25, -0.2) is 0 Å². The summed E-state index contributed by atoms with van der Waals surface area (Å²) in [6.45, 7) is 2.32. The highest BCUT2D eigenvalue weighted by Gasteiger charge is 2.12. The summed E-state index contributed by atoms with van der Waals surface area (Å²) >= 11 is 3.46. The monoisotopic (exact) mass is 332 g/mol. The van der Waals surface area contributed by atoms with Crippen molar-refractivity contribution < 1.29 is 0 Å². The fourth-order valence-electron chi connectivity index (χ4n) is 2.46. The van der Waals surface area contributed by atoms with Gasteiger partial charge in [-0.15, -0.1) is 0 Å². The van der Waals surface area contributed by atoms with E-state index in [-0.39, 0.29) is 0 Å². The van der Waals surface area contributed by atoms with Crippen molar-refractivity contribution in [2.45, 2.75) is 12.8 Å². The van der Waals surface area contributed by atoms with Gasteiger partial charge < -0.3 is 16.0 Å². The van der Waals surface area contributed by atoms with Crippen molar-refractivity contribution in [1.82, 2.24) is 4.98 Å². The van der Waals surface area contributed by atoms with E-state index in [1.807, 2.05) is 0 Å². The van der Waals surface area contributed by atoms with Gasteiger partial charge in [0.05, 0.1) is 22.0 Å². The molecule has 1 aliphatic rings. The van der Waals surface area contributed by atoms with Gasteiger partial charge in [0.1, 0.15) is 0 Å². The van der Waals surface area contributed by atoms with E-state index in [2.05, 4.69) is 55.4 Å². The molecule has 5 heteroatoms. The molecule has 104 valence electrons. The molecule has 0 saturated carbocycles. The highest BCUT2D eigenvalue weighted by atomic mass is 79.9. The maximum absolute atomic E-state index is 5.94. The fourth-order valence-corrected chi connectivity index (χ4v) is 2.90. The molecule has 0 atom stereocenters. The molecule has 2 aromatic rings. The van der Waals surface area contributed by atoms with Gasteiger partial charge in [-0.3, -0.25) is 4.98 Å². The Morgan fingerprint density at radius 3 is 2.45 bits per heavy atom. The maximum atomic E-state index is 5.94. The second-order valence-corrected chi connectivity index (χ2v) is 5.81. The third kappa shape index (κ3) is 2.72. The average Bonchev–Trinajstić information content (AvgIpc) is 2.98. The molecule has 1 saturated heterocycles. The summed E-state index contributed by atoms with van der Waals surface area (Å²) in [6.07, 6.45) is 5.96. The second kappa shape index (κ2) is 5.71. The van der Waals surface area contributed by atoms with Gasteiger partial charge in [-0.05, 0) is 53.0 Å². The number of nitrogen functional groups attached to an aromatic ring is 1. The number of anilines is 4. The van der Waals surface area contributed by atoms with Crippen LogP contribution in [0.4, 0.5) is 22.7 Å². The van der Waals surface area contributed by atoms with Crippen LogP contribution in [0.5, 0.6) is 0 Å². The predicted octanol–water partition coefficient (Wildman–Crippen LogP) is 3.77. The van der Waals surface area contributed by atoms with E-state index in [1.165, 1.54) is 18.5 Å². The van der Waals surface area contributed by atoms with Crippen molar-refractivity contribution in [3.8, 4) is 0 Å². The van der Waals surface area contributed by atoms with Crippen molar-refractivity contribution in [3.05, 3.63) is 41.1 Å². The van der Waals surface area contributed by atoms with E-state index in [4.69, 9.17) is 5.73 Å². The van der Waals surface area contributed by atoms with Gasteiger partial charge in [-0.2, -0.15) is 0 Å². The number of nitrogens with one attached hydrogen (secondary N) is 1. The number of pyridine rings is 1. The quantitative estimate of drug-likeness (QED) is 0.898. The van der Waals surface area contributed by atoms with Gasteiger partial charge in [0.2, 0.25) is 0 Å². The summed E-state index contributed by atoms with van der Waals surface area (Å²) in [6, 6.07) is 8.47. The van der Waals surface area contributed by atoms with Crippen LogP contribution < -0.4 is 16.0 Å². The first-order valence-electron chi connectivity index (χ1n) is 6.75. The molecule has 0 unspecified atom stereocenters. The zero-order chi connectivity index (χ0) is 13.9. The first-order chi connectivity index (χ1) is 9.74. The van der Waals surface area contributed by atoms with Crippen molar-refractivity contribution >= 4 is 38.7 Å². The van der Waals surface area contributed by atoms with Crippen LogP contribution in [0.2, 0.25) is 0 Å². The largest absolute Gasteiger partial charge is 0.396 e. The maximum Gasteiger partial charge on any atom is 0.0794 e. The number of hydrogen-bond acceptors (Lipinski definition) is 4. The Bertz CT molecular complexity index is 571. The zero-order valence-electron chi connectivity index (χ0n) is 11.1. The van der Waals surface area contributed by atoms with E-state index in [0.29, 0.717) is 5.69 Å². The van der Waals surface area contributed by atoms with Crippen LogP contribution in [0, 0.1) is 0 Å². The Kier molecular flexibility index (Phi) is 3.78. The summed E-state index contributed by atoms with van der Waals surface area (Å²) in [7, 11) is 0. The van der Waals surface area contributed by atoms with Gasteiger partial charge in [0, 0.05) is 30.7 Å². The van der Waals surface area contributed by atoms with Gasteiger partial charge >= 0.3 is 0 Å². The van der Waals surface area contributed by atoms with Crippen LogP contribution in [-0.4, -0.2) is 18.1 Å². The van der Waals surface area contributed by atoms with Crippen molar-refractivity contribution in [2.75, 3.05) is 29.0 Å². The van der Waals surface area contributed by atoms with E-state index < -0.39 is 0 Å². The Morgan fingerprint density at radius 2 is 1.80 bits per heavy atom. The minimum absolute atomic E-state index is 0.628. The first-order valence-corrected chi connectivity index (χ1v) is 7.54. The number of halogens is 1. The lowest BCUT2D eigenvalue weighted by atomic mass is 10.2. The van der Waals surface area contributed by atoms with Crippen LogP contribution in [0.3, 0.4) is 0 Å². The summed E-state index contributed by atoms with van der Waals surface area (Å²) < 4.78 is 0.862. The summed E-state index contributed by atoms with van der Waals surface area (Å²) in [5, 5.41) is 3.33. The van der Waals surface area contributed by atoms with E-state index in [9.17, 15) is 0 Å². The standard InChI is InChI=1S/C15H17BrN4/c16-13-9-18-10-14(17)15(13)19-11-3-5-12(6-4-11)20-7-1-2-8-20/h3-6,9-10H,1-2,7-8,17H2,(H,18,19).